The number of amides is 1. The molecule has 2 rings (SSSR count). The van der Waals surface area contributed by atoms with Crippen LogP contribution in [-0.2, 0) is 4.79 Å². The van der Waals surface area contributed by atoms with Crippen LogP contribution in [0.2, 0.25) is 0 Å². The van der Waals surface area contributed by atoms with Gasteiger partial charge >= 0.3 is 5.97 Å². The molecule has 0 saturated carbocycles. The Balaban J connectivity index is 2.36. The van der Waals surface area contributed by atoms with Gasteiger partial charge in [-0.25, -0.2) is 4.79 Å². The van der Waals surface area contributed by atoms with E-state index in [1.807, 2.05) is 0 Å². The number of nitrogens with zero attached hydrogens (tertiary/aromatic N) is 2. The minimum Gasteiger partial charge on any atom is -0.480 e. The van der Waals surface area contributed by atoms with Crippen molar-refractivity contribution < 1.29 is 19.6 Å². The minimum atomic E-state index is -1.13. The molecule has 0 aromatic heterocycles. The molecule has 1 heterocycles. The monoisotopic (exact) mass is 366 g/mol. The number of non-ortho nitro benzene ring substituents is 1. The second-order valence-corrected chi connectivity index (χ2v) is 6.81. The Kier molecular flexibility index (Phi) is 5.35. The number of carbonyl (C=O) groups is 2. The number of rotatable bonds is 5. The normalized spacial score (nSPS) is 17.6. The smallest absolute Gasteiger partial charge is 0.327 e. The summed E-state index contributed by atoms with van der Waals surface area (Å²) in [6.45, 7) is 3.39. The molecule has 0 spiro atoms. The van der Waals surface area contributed by atoms with E-state index < -0.39 is 22.2 Å². The van der Waals surface area contributed by atoms with Gasteiger partial charge < -0.3 is 5.11 Å². The van der Waals surface area contributed by atoms with E-state index in [2.05, 4.69) is 0 Å². The van der Waals surface area contributed by atoms with Gasteiger partial charge in [-0.3, -0.25) is 19.8 Å². The van der Waals surface area contributed by atoms with Gasteiger partial charge in [-0.15, -0.1) is 0 Å². The lowest BCUT2D eigenvalue weighted by atomic mass is 10.0. The average Bonchev–Trinajstić information content (AvgIpc) is 2.75. The quantitative estimate of drug-likeness (QED) is 0.368. The third-order valence-corrected chi connectivity index (χ3v) is 4.81. The standard InChI is InChI=1S/C15H14N2O5S2/c1-8(2)12(14(18)19)16-13(23)11(24-15(16)20)7-9-4-3-5-10(6-9)17(21)22/h3-8,12H,1-2H3,(H,18,19)/b11-7-. The zero-order chi connectivity index (χ0) is 18.0. The molecule has 0 aliphatic carbocycles. The summed E-state index contributed by atoms with van der Waals surface area (Å²) in [6.07, 6.45) is 1.55. The molecule has 0 bridgehead atoms. The molecule has 7 nitrogen and oxygen atoms in total. The van der Waals surface area contributed by atoms with Gasteiger partial charge in [-0.1, -0.05) is 38.2 Å². The number of carbonyl (C=O) groups excluding carboxylic acids is 1. The lowest BCUT2D eigenvalue weighted by Crippen LogP contribution is -2.46. The number of thiocarbonyl (C=S) groups is 1. The first kappa shape index (κ1) is 18.1. The van der Waals surface area contributed by atoms with Crippen LogP contribution in [-0.4, -0.2) is 37.2 Å². The Labute approximate surface area is 147 Å². The number of thioether (sulfide) groups is 1. The van der Waals surface area contributed by atoms with Crippen LogP contribution >= 0.6 is 24.0 Å². The fraction of sp³-hybridized carbons (Fsp3) is 0.267. The fourth-order valence-corrected chi connectivity index (χ4v) is 3.60. The highest BCUT2D eigenvalue weighted by atomic mass is 32.2. The fourth-order valence-electron chi connectivity index (χ4n) is 2.29. The van der Waals surface area contributed by atoms with Crippen molar-refractivity contribution in [2.24, 2.45) is 5.92 Å². The third kappa shape index (κ3) is 3.62. The summed E-state index contributed by atoms with van der Waals surface area (Å²) >= 11 is 6.08. The van der Waals surface area contributed by atoms with Crippen molar-refractivity contribution in [2.75, 3.05) is 0 Å². The van der Waals surface area contributed by atoms with Crippen LogP contribution in [0.3, 0.4) is 0 Å². The minimum absolute atomic E-state index is 0.0768. The van der Waals surface area contributed by atoms with E-state index >= 15 is 0 Å². The summed E-state index contributed by atoms with van der Waals surface area (Å²) < 4.78 is 0. The molecular weight excluding hydrogens is 352 g/mol. The predicted octanol–water partition coefficient (Wildman–Crippen LogP) is 3.54. The average molecular weight is 366 g/mol. The van der Waals surface area contributed by atoms with Gasteiger partial charge in [0.2, 0.25) is 0 Å². The van der Waals surface area contributed by atoms with Gasteiger partial charge in [0, 0.05) is 12.1 Å². The number of nitro benzene ring substituents is 1. The highest BCUT2D eigenvalue weighted by molar-refractivity contribution is 8.19. The molecule has 1 amide bonds. The van der Waals surface area contributed by atoms with Gasteiger partial charge in [0.25, 0.3) is 10.9 Å². The van der Waals surface area contributed by atoms with Crippen molar-refractivity contribution in [3.63, 3.8) is 0 Å². The first-order chi connectivity index (χ1) is 11.2. The topological polar surface area (TPSA) is 101 Å². The summed E-state index contributed by atoms with van der Waals surface area (Å²) in [7, 11) is 0. The van der Waals surface area contributed by atoms with Gasteiger partial charge in [0.05, 0.1) is 9.83 Å². The summed E-state index contributed by atoms with van der Waals surface area (Å²) in [4.78, 5) is 35.6. The SMILES string of the molecule is CC(C)C(C(=O)O)N1C(=O)S/C(=C\c2cccc([N+](=O)[O-])c2)C1=S. The first-order valence-electron chi connectivity index (χ1n) is 6.96. The summed E-state index contributed by atoms with van der Waals surface area (Å²) in [5.74, 6) is -1.44. The van der Waals surface area contributed by atoms with Crippen LogP contribution in [0.25, 0.3) is 6.08 Å². The number of hydrogen-bond acceptors (Lipinski definition) is 6. The van der Waals surface area contributed by atoms with Crippen LogP contribution in [0.4, 0.5) is 10.5 Å². The maximum atomic E-state index is 12.2. The van der Waals surface area contributed by atoms with Crippen LogP contribution in [0.1, 0.15) is 19.4 Å². The van der Waals surface area contributed by atoms with E-state index in [1.54, 1.807) is 26.0 Å². The highest BCUT2D eigenvalue weighted by Crippen LogP contribution is 2.36. The Hall–Kier alpha value is -2.26. The van der Waals surface area contributed by atoms with Gasteiger partial charge in [-0.05, 0) is 29.3 Å². The molecule has 1 aliphatic heterocycles. The summed E-state index contributed by atoms with van der Waals surface area (Å²) in [5.41, 5.74) is 0.437. The largest absolute Gasteiger partial charge is 0.480 e. The lowest BCUT2D eigenvalue weighted by Gasteiger charge is -2.26. The Bertz CT molecular complexity index is 760. The number of benzene rings is 1. The molecule has 126 valence electrons. The molecule has 1 aromatic carbocycles. The molecule has 1 unspecified atom stereocenters. The van der Waals surface area contributed by atoms with E-state index in [0.29, 0.717) is 10.5 Å². The Morgan fingerprint density at radius 3 is 2.67 bits per heavy atom. The van der Waals surface area contributed by atoms with Crippen LogP contribution in [0, 0.1) is 16.0 Å². The van der Waals surface area contributed by atoms with E-state index in [4.69, 9.17) is 12.2 Å². The second-order valence-electron chi connectivity index (χ2n) is 5.43. The van der Waals surface area contributed by atoms with Crippen LogP contribution in [0.5, 0.6) is 0 Å². The molecule has 24 heavy (non-hydrogen) atoms. The lowest BCUT2D eigenvalue weighted by molar-refractivity contribution is -0.384. The maximum Gasteiger partial charge on any atom is 0.327 e. The molecule has 1 fully saturated rings. The molecule has 1 saturated heterocycles. The zero-order valence-corrected chi connectivity index (χ0v) is 14.5. The number of aliphatic carboxylic acids is 1. The molecule has 0 radical (unpaired) electrons. The number of carboxylic acids is 1. The number of hydrogen-bond donors (Lipinski definition) is 1. The maximum absolute atomic E-state index is 12.2. The van der Waals surface area contributed by atoms with Gasteiger partial charge in [0.15, 0.2) is 0 Å². The molecule has 1 aromatic rings. The molecule has 9 heteroatoms. The second kappa shape index (κ2) is 7.10. The van der Waals surface area contributed by atoms with Crippen molar-refractivity contribution in [2.45, 2.75) is 19.9 Å². The third-order valence-electron chi connectivity index (χ3n) is 3.37. The molecular formula is C15H14N2O5S2. The molecule has 1 atom stereocenters. The number of carboxylic acid groups (broad SMARTS) is 1. The molecule has 1 N–H and O–H groups in total. The summed E-state index contributed by atoms with van der Waals surface area (Å²) in [6, 6.07) is 4.85. The van der Waals surface area contributed by atoms with Crippen molar-refractivity contribution in [3.8, 4) is 0 Å². The van der Waals surface area contributed by atoms with Gasteiger partial charge in [0.1, 0.15) is 11.0 Å². The Morgan fingerprint density at radius 2 is 2.12 bits per heavy atom. The zero-order valence-electron chi connectivity index (χ0n) is 12.8. The van der Waals surface area contributed by atoms with Crippen molar-refractivity contribution in [1.29, 1.82) is 0 Å². The van der Waals surface area contributed by atoms with Crippen molar-refractivity contribution >= 4 is 51.9 Å². The highest BCUT2D eigenvalue weighted by Gasteiger charge is 2.41. The van der Waals surface area contributed by atoms with E-state index in [1.165, 1.54) is 18.2 Å². The van der Waals surface area contributed by atoms with Crippen LogP contribution < -0.4 is 0 Å². The summed E-state index contributed by atoms with van der Waals surface area (Å²) in [5, 5.41) is 19.7. The number of nitro groups is 1. The van der Waals surface area contributed by atoms with E-state index in [9.17, 15) is 24.8 Å². The first-order valence-corrected chi connectivity index (χ1v) is 8.19. The Morgan fingerprint density at radius 1 is 1.46 bits per heavy atom. The van der Waals surface area contributed by atoms with Crippen molar-refractivity contribution in [1.82, 2.24) is 4.90 Å². The van der Waals surface area contributed by atoms with E-state index in [0.717, 1.165) is 16.7 Å². The van der Waals surface area contributed by atoms with Gasteiger partial charge in [-0.2, -0.15) is 0 Å². The predicted molar refractivity (Wildman–Crippen MR) is 94.8 cm³/mol. The molecule has 1 aliphatic rings. The van der Waals surface area contributed by atoms with E-state index in [-0.39, 0.29) is 16.6 Å². The van der Waals surface area contributed by atoms with Crippen molar-refractivity contribution in [3.05, 3.63) is 44.8 Å². The van der Waals surface area contributed by atoms with Crippen LogP contribution in [0.15, 0.2) is 29.2 Å².